The van der Waals surface area contributed by atoms with E-state index in [2.05, 4.69) is 4.90 Å². The smallest absolute Gasteiger partial charge is 0.247 e. The van der Waals surface area contributed by atoms with Crippen molar-refractivity contribution in [2.75, 3.05) is 27.8 Å². The molecule has 3 fully saturated rings. The van der Waals surface area contributed by atoms with Crippen molar-refractivity contribution in [3.05, 3.63) is 23.3 Å². The molecule has 25 heavy (non-hydrogen) atoms. The number of Topliss-reactive ketones (excluding diaryl/α,β-unsaturated/α-hetero) is 1. The molecule has 0 aromatic heterocycles. The molecule has 134 valence electrons. The maximum atomic E-state index is 12.8. The van der Waals surface area contributed by atoms with Crippen LogP contribution in [-0.4, -0.2) is 54.9 Å². The largest absolute Gasteiger partial charge is 0.493 e. The lowest BCUT2D eigenvalue weighted by atomic mass is 9.51. The third-order valence-electron chi connectivity index (χ3n) is 7.23. The van der Waals surface area contributed by atoms with Crippen LogP contribution in [0.15, 0.2) is 12.1 Å². The van der Waals surface area contributed by atoms with Crippen LogP contribution in [0.5, 0.6) is 11.5 Å². The lowest BCUT2D eigenvalue weighted by Gasteiger charge is -2.56. The number of rotatable bonds is 2. The third-order valence-corrected chi connectivity index (χ3v) is 7.23. The van der Waals surface area contributed by atoms with Crippen molar-refractivity contribution in [2.45, 2.75) is 48.5 Å². The second-order valence-corrected chi connectivity index (χ2v) is 7.76. The standard InChI is InChI=1S/C19H23NO5/c1-20-9-8-17-7-6-14(21)19(22)18(17,20)10-13(25-19)11-4-5-12(23-2)16(24-3)15(11)17/h4-5,13,22H,6-10H2,1-3H3/t13-,17+,18+,19-/m0/s1. The molecule has 2 heterocycles. The van der Waals surface area contributed by atoms with Crippen LogP contribution in [-0.2, 0) is 14.9 Å². The van der Waals surface area contributed by atoms with Gasteiger partial charge in [0.25, 0.3) is 0 Å². The van der Waals surface area contributed by atoms with Gasteiger partial charge in [-0.3, -0.25) is 9.69 Å². The highest BCUT2D eigenvalue weighted by atomic mass is 16.6. The van der Waals surface area contributed by atoms with Gasteiger partial charge in [-0.15, -0.1) is 0 Å². The van der Waals surface area contributed by atoms with E-state index in [1.165, 1.54) is 0 Å². The number of hydrogen-bond acceptors (Lipinski definition) is 6. The van der Waals surface area contributed by atoms with Crippen LogP contribution in [0.4, 0.5) is 0 Å². The minimum Gasteiger partial charge on any atom is -0.493 e. The molecule has 4 aliphatic rings. The van der Waals surface area contributed by atoms with Crippen molar-refractivity contribution in [3.8, 4) is 11.5 Å². The number of benzene rings is 1. The van der Waals surface area contributed by atoms with Crippen LogP contribution in [0.2, 0.25) is 0 Å². The number of nitrogens with zero attached hydrogens (tertiary/aromatic N) is 1. The minimum atomic E-state index is -1.75. The number of carbonyl (C=O) groups excluding carboxylic acids is 1. The lowest BCUT2D eigenvalue weighted by Crippen LogP contribution is -2.72. The van der Waals surface area contributed by atoms with Gasteiger partial charge in [-0.2, -0.15) is 0 Å². The van der Waals surface area contributed by atoms with Crippen molar-refractivity contribution >= 4 is 5.78 Å². The number of ketones is 1. The van der Waals surface area contributed by atoms with Gasteiger partial charge >= 0.3 is 0 Å². The van der Waals surface area contributed by atoms with E-state index < -0.39 is 11.3 Å². The summed E-state index contributed by atoms with van der Waals surface area (Å²) in [6, 6.07) is 3.89. The number of fused-ring (bicyclic) bond motifs is 3. The SMILES string of the molecule is COc1ccc2c(c1OC)[C@]13CCC(=O)[C@]4(O)O[C@H]2C[C@@]14N(C)CC3. The van der Waals surface area contributed by atoms with Gasteiger partial charge in [0.2, 0.25) is 5.79 Å². The Morgan fingerprint density at radius 2 is 2.08 bits per heavy atom. The highest BCUT2D eigenvalue weighted by Gasteiger charge is 2.80. The Morgan fingerprint density at radius 3 is 2.80 bits per heavy atom. The van der Waals surface area contributed by atoms with Crippen molar-refractivity contribution in [2.24, 2.45) is 0 Å². The van der Waals surface area contributed by atoms with E-state index in [1.54, 1.807) is 14.2 Å². The monoisotopic (exact) mass is 345 g/mol. The summed E-state index contributed by atoms with van der Waals surface area (Å²) in [5.74, 6) is -0.551. The molecule has 1 saturated carbocycles. The number of carbonyl (C=O) groups is 1. The van der Waals surface area contributed by atoms with E-state index >= 15 is 0 Å². The topological polar surface area (TPSA) is 68.2 Å². The average Bonchev–Trinajstić information content (AvgIpc) is 3.10. The molecule has 0 radical (unpaired) electrons. The predicted octanol–water partition coefficient (Wildman–Crippen LogP) is 1.54. The van der Waals surface area contributed by atoms with Crippen molar-refractivity contribution in [1.82, 2.24) is 4.90 Å². The Hall–Kier alpha value is -1.63. The normalized spacial score (nSPS) is 41.4. The maximum Gasteiger partial charge on any atom is 0.247 e. The van der Waals surface area contributed by atoms with Crippen LogP contribution in [0.25, 0.3) is 0 Å². The summed E-state index contributed by atoms with van der Waals surface area (Å²) < 4.78 is 17.4. The molecule has 2 aliphatic carbocycles. The van der Waals surface area contributed by atoms with Gasteiger partial charge in [0.15, 0.2) is 17.3 Å². The summed E-state index contributed by atoms with van der Waals surface area (Å²) >= 11 is 0. The summed E-state index contributed by atoms with van der Waals surface area (Å²) in [6.07, 6.45) is 2.21. The average molecular weight is 345 g/mol. The first-order valence-electron chi connectivity index (χ1n) is 8.85. The summed E-state index contributed by atoms with van der Waals surface area (Å²) in [6.45, 7) is 0.811. The van der Waals surface area contributed by atoms with E-state index in [1.807, 2.05) is 19.2 Å². The number of ether oxygens (including phenoxy) is 3. The number of likely N-dealkylation sites (tertiary alicyclic amines) is 1. The molecule has 1 aromatic rings. The molecule has 0 amide bonds. The fourth-order valence-electron chi connectivity index (χ4n) is 6.27. The molecule has 2 aliphatic heterocycles. The van der Waals surface area contributed by atoms with Crippen molar-refractivity contribution in [1.29, 1.82) is 0 Å². The number of methoxy groups -OCH3 is 2. The second kappa shape index (κ2) is 4.55. The molecule has 1 aromatic carbocycles. The molecule has 4 atom stereocenters. The van der Waals surface area contributed by atoms with Gasteiger partial charge in [-0.05, 0) is 38.1 Å². The van der Waals surface area contributed by atoms with Crippen LogP contribution in [0, 0.1) is 0 Å². The zero-order valence-corrected chi connectivity index (χ0v) is 14.8. The first-order chi connectivity index (χ1) is 11.9. The molecule has 6 nitrogen and oxygen atoms in total. The summed E-state index contributed by atoms with van der Waals surface area (Å²) in [7, 11) is 5.28. The Kier molecular flexibility index (Phi) is 2.84. The molecule has 1 N–H and O–H groups in total. The van der Waals surface area contributed by atoms with E-state index in [-0.39, 0.29) is 17.3 Å². The van der Waals surface area contributed by atoms with Gasteiger partial charge < -0.3 is 19.3 Å². The maximum absolute atomic E-state index is 12.8. The summed E-state index contributed by atoms with van der Waals surface area (Å²) in [5, 5.41) is 11.5. The molecule has 1 spiro atoms. The van der Waals surface area contributed by atoms with Gasteiger partial charge in [0.1, 0.15) is 0 Å². The molecular weight excluding hydrogens is 322 g/mol. The molecular formula is C19H23NO5. The summed E-state index contributed by atoms with van der Waals surface area (Å²) in [5.41, 5.74) is 0.992. The Bertz CT molecular complexity index is 794. The number of likely N-dealkylation sites (N-methyl/N-ethyl adjacent to an activating group) is 1. The van der Waals surface area contributed by atoms with Crippen molar-refractivity contribution < 1.29 is 24.1 Å². The van der Waals surface area contributed by atoms with Crippen LogP contribution in [0.3, 0.4) is 0 Å². The highest BCUT2D eigenvalue weighted by molar-refractivity contribution is 5.91. The fourth-order valence-corrected chi connectivity index (χ4v) is 6.27. The van der Waals surface area contributed by atoms with E-state index in [9.17, 15) is 9.90 Å². The molecule has 5 rings (SSSR count). The molecule has 2 saturated heterocycles. The predicted molar refractivity (Wildman–Crippen MR) is 88.8 cm³/mol. The fraction of sp³-hybridized carbons (Fsp3) is 0.632. The zero-order valence-electron chi connectivity index (χ0n) is 14.8. The number of hydrogen-bond donors (Lipinski definition) is 1. The lowest BCUT2D eigenvalue weighted by molar-refractivity contribution is -0.242. The minimum absolute atomic E-state index is 0.196. The van der Waals surface area contributed by atoms with E-state index in [0.29, 0.717) is 30.8 Å². The quantitative estimate of drug-likeness (QED) is 0.877. The Labute approximate surface area is 146 Å². The van der Waals surface area contributed by atoms with E-state index in [4.69, 9.17) is 14.2 Å². The van der Waals surface area contributed by atoms with Gasteiger partial charge in [0.05, 0.1) is 25.9 Å². The first kappa shape index (κ1) is 15.6. The number of aliphatic hydroxyl groups is 1. The van der Waals surface area contributed by atoms with E-state index in [0.717, 1.165) is 24.1 Å². The third kappa shape index (κ3) is 1.40. The molecule has 6 heteroatoms. The highest BCUT2D eigenvalue weighted by Crippen LogP contribution is 2.71. The van der Waals surface area contributed by atoms with Gasteiger partial charge in [-0.1, -0.05) is 6.07 Å². The van der Waals surface area contributed by atoms with Gasteiger partial charge in [0, 0.05) is 23.8 Å². The van der Waals surface area contributed by atoms with Crippen LogP contribution in [0.1, 0.15) is 42.9 Å². The second-order valence-electron chi connectivity index (χ2n) is 7.76. The van der Waals surface area contributed by atoms with Gasteiger partial charge in [-0.25, -0.2) is 0 Å². The molecule has 0 unspecified atom stereocenters. The first-order valence-corrected chi connectivity index (χ1v) is 8.85. The van der Waals surface area contributed by atoms with Crippen LogP contribution < -0.4 is 9.47 Å². The Morgan fingerprint density at radius 1 is 1.28 bits per heavy atom. The Balaban J connectivity index is 1.89. The van der Waals surface area contributed by atoms with Crippen molar-refractivity contribution in [3.63, 3.8) is 0 Å². The van der Waals surface area contributed by atoms with Crippen LogP contribution >= 0.6 is 0 Å². The summed E-state index contributed by atoms with van der Waals surface area (Å²) in [4.78, 5) is 14.9. The molecule has 2 bridgehead atoms. The zero-order chi connectivity index (χ0) is 17.6.